The fourth-order valence-electron chi connectivity index (χ4n) is 1.38. The van der Waals surface area contributed by atoms with Crippen molar-refractivity contribution in [1.29, 1.82) is 0 Å². The van der Waals surface area contributed by atoms with Gasteiger partial charge in [-0.1, -0.05) is 11.6 Å². The van der Waals surface area contributed by atoms with Crippen LogP contribution in [0.5, 0.6) is 0 Å². The molecule has 0 aliphatic carbocycles. The summed E-state index contributed by atoms with van der Waals surface area (Å²) in [4.78, 5) is 11.4. The predicted molar refractivity (Wildman–Crippen MR) is 62.3 cm³/mol. The van der Waals surface area contributed by atoms with Crippen molar-refractivity contribution < 1.29 is 13.6 Å². The first-order valence-electron chi connectivity index (χ1n) is 5.30. The number of carbonyl (C=O) groups excluding carboxylic acids is 1. The van der Waals surface area contributed by atoms with Crippen LogP contribution in [0, 0.1) is 11.6 Å². The average molecular weight is 239 g/mol. The Kier molecular flexibility index (Phi) is 4.37. The molecule has 0 saturated carbocycles. The maximum atomic E-state index is 13.0. The van der Waals surface area contributed by atoms with Gasteiger partial charge in [-0.2, -0.15) is 0 Å². The molecule has 0 fully saturated rings. The third-order valence-corrected chi connectivity index (χ3v) is 2.22. The van der Waals surface area contributed by atoms with E-state index < -0.39 is 11.6 Å². The van der Waals surface area contributed by atoms with Gasteiger partial charge in [-0.3, -0.25) is 4.79 Å². The highest BCUT2D eigenvalue weighted by molar-refractivity contribution is 5.88. The highest BCUT2D eigenvalue weighted by Gasteiger charge is 2.10. The lowest BCUT2D eigenvalue weighted by atomic mass is 10.1. The number of rotatable bonds is 3. The molecule has 1 atom stereocenters. The molecule has 17 heavy (non-hydrogen) atoms. The molecule has 0 bridgehead atoms. The first-order chi connectivity index (χ1) is 7.90. The lowest BCUT2D eigenvalue weighted by molar-refractivity contribution is -0.117. The molecular formula is C13H15F2NO. The van der Waals surface area contributed by atoms with Gasteiger partial charge < -0.3 is 5.32 Å². The predicted octanol–water partition coefficient (Wildman–Crippen LogP) is 3.11. The lowest BCUT2D eigenvalue weighted by Crippen LogP contribution is -2.25. The number of nitrogens with one attached hydrogen (secondary N) is 1. The van der Waals surface area contributed by atoms with E-state index in [4.69, 9.17) is 0 Å². The minimum atomic E-state index is -0.911. The maximum absolute atomic E-state index is 13.0. The smallest absolute Gasteiger partial charge is 0.244 e. The summed E-state index contributed by atoms with van der Waals surface area (Å²) >= 11 is 0. The van der Waals surface area contributed by atoms with Gasteiger partial charge in [-0.05, 0) is 38.5 Å². The Morgan fingerprint density at radius 2 is 1.94 bits per heavy atom. The molecule has 1 N–H and O–H groups in total. The zero-order valence-electron chi connectivity index (χ0n) is 10.1. The van der Waals surface area contributed by atoms with E-state index in [1.165, 1.54) is 12.1 Å². The minimum Gasteiger partial charge on any atom is -0.346 e. The quantitative estimate of drug-likeness (QED) is 0.807. The van der Waals surface area contributed by atoms with Crippen molar-refractivity contribution in [3.05, 3.63) is 47.0 Å². The number of halogens is 2. The SMILES string of the molecule is CC(C)=CC(=O)N[C@H](C)c1ccc(F)c(F)c1. The maximum Gasteiger partial charge on any atom is 0.244 e. The van der Waals surface area contributed by atoms with Crippen molar-refractivity contribution in [3.63, 3.8) is 0 Å². The van der Waals surface area contributed by atoms with Crippen LogP contribution in [0.4, 0.5) is 8.78 Å². The molecule has 0 aliphatic rings. The average Bonchev–Trinajstić information content (AvgIpc) is 2.20. The first kappa shape index (κ1) is 13.4. The number of allylic oxidation sites excluding steroid dienone is 1. The van der Waals surface area contributed by atoms with Gasteiger partial charge in [0.15, 0.2) is 11.6 Å². The third-order valence-electron chi connectivity index (χ3n) is 2.22. The summed E-state index contributed by atoms with van der Waals surface area (Å²) in [6.45, 7) is 5.33. The van der Waals surface area contributed by atoms with Crippen LogP contribution in [0.15, 0.2) is 29.8 Å². The number of hydrogen-bond acceptors (Lipinski definition) is 1. The Hall–Kier alpha value is -1.71. The summed E-state index contributed by atoms with van der Waals surface area (Å²) in [5, 5.41) is 2.67. The molecule has 0 aliphatic heterocycles. The van der Waals surface area contributed by atoms with E-state index in [0.29, 0.717) is 5.56 Å². The van der Waals surface area contributed by atoms with Crippen LogP contribution in [0.3, 0.4) is 0 Å². The fourth-order valence-corrected chi connectivity index (χ4v) is 1.38. The van der Waals surface area contributed by atoms with Crippen LogP contribution in [-0.4, -0.2) is 5.91 Å². The molecule has 2 nitrogen and oxygen atoms in total. The van der Waals surface area contributed by atoms with Gasteiger partial charge in [-0.25, -0.2) is 8.78 Å². The van der Waals surface area contributed by atoms with Crippen LogP contribution >= 0.6 is 0 Å². The van der Waals surface area contributed by atoms with Crippen LogP contribution < -0.4 is 5.32 Å². The van der Waals surface area contributed by atoms with Gasteiger partial charge in [0.05, 0.1) is 6.04 Å². The summed E-state index contributed by atoms with van der Waals surface area (Å²) < 4.78 is 25.7. The second-order valence-electron chi connectivity index (χ2n) is 4.13. The van der Waals surface area contributed by atoms with Gasteiger partial charge in [0.1, 0.15) is 0 Å². The highest BCUT2D eigenvalue weighted by Crippen LogP contribution is 2.15. The van der Waals surface area contributed by atoms with Crippen molar-refractivity contribution in [3.8, 4) is 0 Å². The standard InChI is InChI=1S/C13H15F2NO/c1-8(2)6-13(17)16-9(3)10-4-5-11(14)12(15)7-10/h4-7,9H,1-3H3,(H,16,17)/t9-/m1/s1. The van der Waals surface area contributed by atoms with E-state index in [-0.39, 0.29) is 11.9 Å². The number of carbonyl (C=O) groups is 1. The molecule has 0 spiro atoms. The van der Waals surface area contributed by atoms with E-state index >= 15 is 0 Å². The minimum absolute atomic E-state index is 0.248. The number of amides is 1. The van der Waals surface area contributed by atoms with Gasteiger partial charge in [-0.15, -0.1) is 0 Å². The number of benzene rings is 1. The van der Waals surface area contributed by atoms with Crippen molar-refractivity contribution in [1.82, 2.24) is 5.32 Å². The number of hydrogen-bond donors (Lipinski definition) is 1. The Labute approximate surface area is 99.3 Å². The van der Waals surface area contributed by atoms with Crippen molar-refractivity contribution in [2.24, 2.45) is 0 Å². The van der Waals surface area contributed by atoms with Crippen LogP contribution in [-0.2, 0) is 4.79 Å². The van der Waals surface area contributed by atoms with Gasteiger partial charge in [0, 0.05) is 6.08 Å². The molecule has 0 unspecified atom stereocenters. The van der Waals surface area contributed by atoms with Gasteiger partial charge in [0.25, 0.3) is 0 Å². The van der Waals surface area contributed by atoms with Crippen molar-refractivity contribution >= 4 is 5.91 Å². The van der Waals surface area contributed by atoms with Crippen molar-refractivity contribution in [2.75, 3.05) is 0 Å². The van der Waals surface area contributed by atoms with E-state index in [0.717, 1.165) is 17.7 Å². The molecule has 1 aromatic rings. The Morgan fingerprint density at radius 1 is 1.29 bits per heavy atom. The van der Waals surface area contributed by atoms with E-state index in [1.807, 2.05) is 13.8 Å². The van der Waals surface area contributed by atoms with Crippen molar-refractivity contribution in [2.45, 2.75) is 26.8 Å². The summed E-state index contributed by atoms with van der Waals surface area (Å²) in [6.07, 6.45) is 1.45. The zero-order valence-corrected chi connectivity index (χ0v) is 10.1. The zero-order chi connectivity index (χ0) is 13.0. The summed E-state index contributed by atoms with van der Waals surface area (Å²) in [5.41, 5.74) is 1.40. The normalized spacial score (nSPS) is 11.8. The lowest BCUT2D eigenvalue weighted by Gasteiger charge is -2.13. The van der Waals surface area contributed by atoms with E-state index in [1.54, 1.807) is 6.92 Å². The topological polar surface area (TPSA) is 29.1 Å². The first-order valence-corrected chi connectivity index (χ1v) is 5.30. The Morgan fingerprint density at radius 3 is 2.47 bits per heavy atom. The molecule has 0 saturated heterocycles. The second-order valence-corrected chi connectivity index (χ2v) is 4.13. The largest absolute Gasteiger partial charge is 0.346 e. The molecular weight excluding hydrogens is 224 g/mol. The molecule has 0 heterocycles. The van der Waals surface area contributed by atoms with E-state index in [2.05, 4.69) is 5.32 Å². The molecule has 0 aromatic heterocycles. The van der Waals surface area contributed by atoms with Crippen LogP contribution in [0.1, 0.15) is 32.4 Å². The monoisotopic (exact) mass is 239 g/mol. The van der Waals surface area contributed by atoms with E-state index in [9.17, 15) is 13.6 Å². The molecule has 1 rings (SSSR count). The molecule has 92 valence electrons. The summed E-state index contributed by atoms with van der Waals surface area (Å²) in [6, 6.07) is 3.22. The highest BCUT2D eigenvalue weighted by atomic mass is 19.2. The summed E-state index contributed by atoms with van der Waals surface area (Å²) in [7, 11) is 0. The van der Waals surface area contributed by atoms with Crippen LogP contribution in [0.2, 0.25) is 0 Å². The second kappa shape index (κ2) is 5.57. The third kappa shape index (κ3) is 3.98. The fraction of sp³-hybridized carbons (Fsp3) is 0.308. The van der Waals surface area contributed by atoms with Crippen LogP contribution in [0.25, 0.3) is 0 Å². The Balaban J connectivity index is 2.76. The van der Waals surface area contributed by atoms with Gasteiger partial charge in [0.2, 0.25) is 5.91 Å². The molecule has 0 radical (unpaired) electrons. The molecule has 1 amide bonds. The molecule has 4 heteroatoms. The van der Waals surface area contributed by atoms with Gasteiger partial charge >= 0.3 is 0 Å². The summed E-state index contributed by atoms with van der Waals surface area (Å²) in [5.74, 6) is -2.05. The Bertz CT molecular complexity index is 451. The molecule has 1 aromatic carbocycles.